The van der Waals surface area contributed by atoms with Crippen LogP contribution in [0.5, 0.6) is 0 Å². The highest BCUT2D eigenvalue weighted by molar-refractivity contribution is 5.70. The number of nitrogens with zero attached hydrogens (tertiary/aromatic N) is 3. The molecule has 0 spiro atoms. The maximum Gasteiger partial charge on any atom is 0.137 e. The van der Waals surface area contributed by atoms with Crippen molar-refractivity contribution in [1.82, 2.24) is 14.3 Å². The van der Waals surface area contributed by atoms with Gasteiger partial charge in [-0.1, -0.05) is 30.2 Å². The standard InChI is InChI=1S/C22H28N4/c1-15-7-9-19(16(2)12-15)22-20(14-25-11-5-4-6-17(25)3)26-13-18(23)8-10-21(26)24-22/h7-10,12-13,17H,4-6,11,14,23H2,1-3H3. The van der Waals surface area contributed by atoms with E-state index in [1.807, 2.05) is 18.3 Å². The largest absolute Gasteiger partial charge is 0.398 e. The number of aromatic nitrogens is 2. The summed E-state index contributed by atoms with van der Waals surface area (Å²) < 4.78 is 2.19. The van der Waals surface area contributed by atoms with Gasteiger partial charge in [0.1, 0.15) is 5.65 Å². The fraction of sp³-hybridized carbons (Fsp3) is 0.409. The van der Waals surface area contributed by atoms with Crippen LogP contribution in [-0.2, 0) is 6.54 Å². The van der Waals surface area contributed by atoms with Crippen molar-refractivity contribution in [1.29, 1.82) is 0 Å². The third-order valence-electron chi connectivity index (χ3n) is 5.67. The third kappa shape index (κ3) is 3.10. The molecule has 2 N–H and O–H groups in total. The maximum absolute atomic E-state index is 6.09. The number of nitrogen functional groups attached to an aromatic ring is 1. The second-order valence-electron chi connectivity index (χ2n) is 7.73. The van der Waals surface area contributed by atoms with Crippen LogP contribution in [0.25, 0.3) is 16.9 Å². The summed E-state index contributed by atoms with van der Waals surface area (Å²) in [5.41, 5.74) is 13.9. The Balaban J connectivity index is 1.86. The van der Waals surface area contributed by atoms with Gasteiger partial charge >= 0.3 is 0 Å². The molecule has 0 saturated carbocycles. The minimum Gasteiger partial charge on any atom is -0.398 e. The Morgan fingerprint density at radius 2 is 2.00 bits per heavy atom. The number of fused-ring (bicyclic) bond motifs is 1. The van der Waals surface area contributed by atoms with Gasteiger partial charge in [0, 0.05) is 30.0 Å². The molecule has 1 saturated heterocycles. The van der Waals surface area contributed by atoms with Crippen molar-refractivity contribution in [2.45, 2.75) is 52.6 Å². The zero-order chi connectivity index (χ0) is 18.3. The van der Waals surface area contributed by atoms with Crippen molar-refractivity contribution >= 4 is 11.3 Å². The normalized spacial score (nSPS) is 18.5. The fourth-order valence-corrected chi connectivity index (χ4v) is 4.14. The SMILES string of the molecule is Cc1ccc(-c2nc3ccc(N)cn3c2CN2CCCCC2C)c(C)c1. The first-order chi connectivity index (χ1) is 12.5. The summed E-state index contributed by atoms with van der Waals surface area (Å²) in [6.45, 7) is 8.72. The molecule has 4 rings (SSSR count). The molecule has 2 aromatic heterocycles. The quantitative estimate of drug-likeness (QED) is 0.754. The van der Waals surface area contributed by atoms with E-state index in [9.17, 15) is 0 Å². The number of hydrogen-bond acceptors (Lipinski definition) is 3. The molecule has 3 aromatic rings. The molecule has 1 atom stereocenters. The summed E-state index contributed by atoms with van der Waals surface area (Å²) in [4.78, 5) is 7.57. The number of piperidine rings is 1. The van der Waals surface area contributed by atoms with E-state index < -0.39 is 0 Å². The third-order valence-corrected chi connectivity index (χ3v) is 5.67. The first kappa shape index (κ1) is 17.1. The molecule has 0 amide bonds. The highest BCUT2D eigenvalue weighted by Gasteiger charge is 2.23. The van der Waals surface area contributed by atoms with Gasteiger partial charge in [-0.05, 0) is 57.9 Å². The molecule has 3 heterocycles. The van der Waals surface area contributed by atoms with Gasteiger partial charge in [-0.25, -0.2) is 4.98 Å². The molecule has 0 radical (unpaired) electrons. The molecular weight excluding hydrogens is 320 g/mol. The molecule has 26 heavy (non-hydrogen) atoms. The van der Waals surface area contributed by atoms with Crippen LogP contribution in [0.1, 0.15) is 43.0 Å². The van der Waals surface area contributed by atoms with Crippen LogP contribution in [0.3, 0.4) is 0 Å². The number of nitrogens with two attached hydrogens (primary N) is 1. The summed E-state index contributed by atoms with van der Waals surface area (Å²) in [7, 11) is 0. The number of rotatable bonds is 3. The zero-order valence-corrected chi connectivity index (χ0v) is 16.0. The van der Waals surface area contributed by atoms with Crippen LogP contribution >= 0.6 is 0 Å². The number of imidazole rings is 1. The van der Waals surface area contributed by atoms with E-state index >= 15 is 0 Å². The van der Waals surface area contributed by atoms with Crippen LogP contribution in [0, 0.1) is 13.8 Å². The molecule has 0 aliphatic carbocycles. The van der Waals surface area contributed by atoms with Gasteiger partial charge in [-0.3, -0.25) is 4.90 Å². The molecule has 1 aromatic carbocycles. The highest BCUT2D eigenvalue weighted by atomic mass is 15.2. The lowest BCUT2D eigenvalue weighted by Crippen LogP contribution is -2.37. The van der Waals surface area contributed by atoms with Crippen LogP contribution < -0.4 is 5.73 Å². The van der Waals surface area contributed by atoms with E-state index in [-0.39, 0.29) is 0 Å². The maximum atomic E-state index is 6.09. The van der Waals surface area contributed by atoms with E-state index in [1.54, 1.807) is 0 Å². The zero-order valence-electron chi connectivity index (χ0n) is 16.0. The second-order valence-corrected chi connectivity index (χ2v) is 7.73. The first-order valence-corrected chi connectivity index (χ1v) is 9.61. The Kier molecular flexibility index (Phi) is 4.45. The summed E-state index contributed by atoms with van der Waals surface area (Å²) in [6, 6.07) is 11.2. The van der Waals surface area contributed by atoms with Gasteiger partial charge in [0.2, 0.25) is 0 Å². The summed E-state index contributed by atoms with van der Waals surface area (Å²) in [5, 5.41) is 0. The fourth-order valence-electron chi connectivity index (χ4n) is 4.14. The molecule has 136 valence electrons. The Hall–Kier alpha value is -2.33. The Morgan fingerprint density at radius 3 is 2.77 bits per heavy atom. The van der Waals surface area contributed by atoms with Crippen LogP contribution in [0.4, 0.5) is 5.69 Å². The average Bonchev–Trinajstić information content (AvgIpc) is 2.94. The number of hydrogen-bond donors (Lipinski definition) is 1. The number of likely N-dealkylation sites (tertiary alicyclic amines) is 1. The Labute approximate surface area is 155 Å². The molecule has 1 fully saturated rings. The van der Waals surface area contributed by atoms with Crippen LogP contribution in [0.2, 0.25) is 0 Å². The van der Waals surface area contributed by atoms with Crippen molar-refractivity contribution < 1.29 is 0 Å². The van der Waals surface area contributed by atoms with Gasteiger partial charge in [0.05, 0.1) is 11.4 Å². The number of aryl methyl sites for hydroxylation is 2. The van der Waals surface area contributed by atoms with Gasteiger partial charge in [-0.15, -0.1) is 0 Å². The second kappa shape index (κ2) is 6.76. The molecule has 4 heteroatoms. The average molecular weight is 348 g/mol. The Morgan fingerprint density at radius 1 is 1.15 bits per heavy atom. The monoisotopic (exact) mass is 348 g/mol. The highest BCUT2D eigenvalue weighted by Crippen LogP contribution is 2.31. The topological polar surface area (TPSA) is 46.6 Å². The van der Waals surface area contributed by atoms with Crippen molar-refractivity contribution in [2.24, 2.45) is 0 Å². The molecule has 1 unspecified atom stereocenters. The van der Waals surface area contributed by atoms with Crippen molar-refractivity contribution in [2.75, 3.05) is 12.3 Å². The summed E-state index contributed by atoms with van der Waals surface area (Å²) in [5.74, 6) is 0. The number of benzene rings is 1. The molecular formula is C22H28N4. The lowest BCUT2D eigenvalue weighted by molar-refractivity contribution is 0.151. The van der Waals surface area contributed by atoms with E-state index in [0.29, 0.717) is 6.04 Å². The van der Waals surface area contributed by atoms with Gasteiger partial charge < -0.3 is 10.1 Å². The minimum absolute atomic E-state index is 0.613. The summed E-state index contributed by atoms with van der Waals surface area (Å²) in [6.07, 6.45) is 5.90. The predicted molar refractivity (Wildman–Crippen MR) is 108 cm³/mol. The van der Waals surface area contributed by atoms with Crippen molar-refractivity contribution in [3.8, 4) is 11.3 Å². The van der Waals surface area contributed by atoms with Crippen LogP contribution in [0.15, 0.2) is 36.5 Å². The first-order valence-electron chi connectivity index (χ1n) is 9.61. The Bertz CT molecular complexity index is 941. The van der Waals surface area contributed by atoms with Gasteiger partial charge in [-0.2, -0.15) is 0 Å². The lowest BCUT2D eigenvalue weighted by atomic mass is 10.00. The van der Waals surface area contributed by atoms with Gasteiger partial charge in [0.25, 0.3) is 0 Å². The molecule has 1 aliphatic rings. The molecule has 4 nitrogen and oxygen atoms in total. The molecule has 1 aliphatic heterocycles. The van der Waals surface area contributed by atoms with Gasteiger partial charge in [0.15, 0.2) is 0 Å². The lowest BCUT2D eigenvalue weighted by Gasteiger charge is -2.33. The number of pyridine rings is 1. The van der Waals surface area contributed by atoms with E-state index in [4.69, 9.17) is 10.7 Å². The minimum atomic E-state index is 0.613. The van der Waals surface area contributed by atoms with E-state index in [1.165, 1.54) is 41.6 Å². The van der Waals surface area contributed by atoms with Crippen molar-refractivity contribution in [3.05, 3.63) is 53.3 Å². The smallest absolute Gasteiger partial charge is 0.137 e. The van der Waals surface area contributed by atoms with Crippen LogP contribution in [-0.4, -0.2) is 26.9 Å². The van der Waals surface area contributed by atoms with E-state index in [0.717, 1.165) is 30.1 Å². The summed E-state index contributed by atoms with van der Waals surface area (Å²) >= 11 is 0. The molecule has 0 bridgehead atoms. The number of anilines is 1. The predicted octanol–water partition coefficient (Wildman–Crippen LogP) is 4.57. The van der Waals surface area contributed by atoms with E-state index in [2.05, 4.69) is 48.3 Å². The van der Waals surface area contributed by atoms with Crippen molar-refractivity contribution in [3.63, 3.8) is 0 Å².